The molecule has 0 aliphatic carbocycles. The first kappa shape index (κ1) is 17.9. The lowest BCUT2D eigenvalue weighted by molar-refractivity contribution is -0.142. The van der Waals surface area contributed by atoms with Crippen molar-refractivity contribution in [3.8, 4) is 11.6 Å². The summed E-state index contributed by atoms with van der Waals surface area (Å²) in [6, 6.07) is 7.59. The summed E-state index contributed by atoms with van der Waals surface area (Å²) in [4.78, 5) is 19.2. The van der Waals surface area contributed by atoms with Crippen molar-refractivity contribution >= 4 is 5.97 Å². The highest BCUT2D eigenvalue weighted by Gasteiger charge is 2.18. The quantitative estimate of drug-likeness (QED) is 0.735. The third kappa shape index (κ3) is 5.96. The third-order valence-corrected chi connectivity index (χ3v) is 3.51. The van der Waals surface area contributed by atoms with Gasteiger partial charge < -0.3 is 15.2 Å². The molecular formula is C18H23N3O3. The summed E-state index contributed by atoms with van der Waals surface area (Å²) in [5.74, 6) is 0.391. The van der Waals surface area contributed by atoms with Gasteiger partial charge in [0.15, 0.2) is 0 Å². The van der Waals surface area contributed by atoms with E-state index in [1.807, 2.05) is 38.1 Å². The number of carboxylic acids is 1. The predicted octanol–water partition coefficient (Wildman–Crippen LogP) is 3.11. The van der Waals surface area contributed by atoms with Crippen LogP contribution in [0.4, 0.5) is 0 Å². The van der Waals surface area contributed by atoms with Gasteiger partial charge in [0.2, 0.25) is 5.88 Å². The molecule has 0 saturated heterocycles. The Balaban J connectivity index is 1.82. The lowest BCUT2D eigenvalue weighted by Gasteiger charge is -2.15. The lowest BCUT2D eigenvalue weighted by Crippen LogP contribution is -2.29. The number of nitrogens with one attached hydrogen (secondary N) is 1. The summed E-state index contributed by atoms with van der Waals surface area (Å²) in [6.07, 6.45) is 5.39. The molecule has 0 aliphatic rings. The highest BCUT2D eigenvalue weighted by atomic mass is 16.5. The van der Waals surface area contributed by atoms with Crippen molar-refractivity contribution in [3.63, 3.8) is 0 Å². The molecule has 0 fully saturated rings. The van der Waals surface area contributed by atoms with Gasteiger partial charge in [-0.2, -0.15) is 0 Å². The van der Waals surface area contributed by atoms with Crippen LogP contribution in [0.15, 0.2) is 42.9 Å². The minimum absolute atomic E-state index is 0.357. The molecule has 0 amide bonds. The van der Waals surface area contributed by atoms with Crippen LogP contribution in [0.5, 0.6) is 11.6 Å². The number of rotatable bonds is 9. The van der Waals surface area contributed by atoms with Crippen LogP contribution in [0.1, 0.15) is 25.8 Å². The van der Waals surface area contributed by atoms with Crippen LogP contribution in [0.3, 0.4) is 0 Å². The fourth-order valence-electron chi connectivity index (χ4n) is 2.37. The number of carboxylic acid groups (broad SMARTS) is 1. The van der Waals surface area contributed by atoms with Crippen LogP contribution in [0.2, 0.25) is 0 Å². The Bertz CT molecular complexity index is 630. The van der Waals surface area contributed by atoms with Gasteiger partial charge in [-0.25, -0.2) is 4.98 Å². The summed E-state index contributed by atoms with van der Waals surface area (Å²) >= 11 is 0. The van der Waals surface area contributed by atoms with Gasteiger partial charge in [-0.15, -0.1) is 0 Å². The van der Waals surface area contributed by atoms with E-state index >= 15 is 0 Å². The maximum Gasteiger partial charge on any atom is 0.307 e. The van der Waals surface area contributed by atoms with E-state index in [1.54, 1.807) is 18.6 Å². The average Bonchev–Trinajstić information content (AvgIpc) is 2.56. The van der Waals surface area contributed by atoms with Crippen LogP contribution in [0, 0.1) is 11.8 Å². The number of nitrogens with zero attached hydrogens (tertiary/aromatic N) is 2. The van der Waals surface area contributed by atoms with Crippen molar-refractivity contribution in [2.75, 3.05) is 6.54 Å². The smallest absolute Gasteiger partial charge is 0.307 e. The molecule has 24 heavy (non-hydrogen) atoms. The van der Waals surface area contributed by atoms with E-state index in [4.69, 9.17) is 4.74 Å². The summed E-state index contributed by atoms with van der Waals surface area (Å²) in [5, 5.41) is 12.4. The number of aliphatic carboxylic acids is 1. The maximum absolute atomic E-state index is 11.2. The first-order valence-corrected chi connectivity index (χ1v) is 8.01. The third-order valence-electron chi connectivity index (χ3n) is 3.51. The van der Waals surface area contributed by atoms with E-state index in [1.165, 1.54) is 0 Å². The van der Waals surface area contributed by atoms with E-state index in [2.05, 4.69) is 15.3 Å². The fourth-order valence-corrected chi connectivity index (χ4v) is 2.37. The average molecular weight is 329 g/mol. The molecule has 1 aromatic heterocycles. The monoisotopic (exact) mass is 329 g/mol. The Kier molecular flexibility index (Phi) is 6.69. The number of ether oxygens (including phenoxy) is 1. The van der Waals surface area contributed by atoms with Gasteiger partial charge in [-0.05, 0) is 30.0 Å². The first-order valence-electron chi connectivity index (χ1n) is 8.01. The second-order valence-corrected chi connectivity index (χ2v) is 6.09. The standard InChI is InChI=1S/C18H23N3O3/c1-13(2)9-15(18(22)23)11-20-10-14-3-5-16(6-4-14)24-17-12-19-7-8-21-17/h3-8,12-13,15,20H,9-11H2,1-2H3,(H,22,23). The lowest BCUT2D eigenvalue weighted by atomic mass is 9.97. The Hall–Kier alpha value is -2.47. The molecule has 0 spiro atoms. The number of hydrogen-bond donors (Lipinski definition) is 2. The molecule has 2 N–H and O–H groups in total. The summed E-state index contributed by atoms with van der Waals surface area (Å²) < 4.78 is 5.58. The molecule has 6 heteroatoms. The molecule has 0 bridgehead atoms. The fraction of sp³-hybridized carbons (Fsp3) is 0.389. The molecule has 2 rings (SSSR count). The summed E-state index contributed by atoms with van der Waals surface area (Å²) in [5.41, 5.74) is 1.06. The summed E-state index contributed by atoms with van der Waals surface area (Å²) in [7, 11) is 0. The van der Waals surface area contributed by atoms with E-state index in [-0.39, 0.29) is 5.92 Å². The van der Waals surface area contributed by atoms with Crippen LogP contribution in [-0.4, -0.2) is 27.6 Å². The van der Waals surface area contributed by atoms with E-state index in [0.29, 0.717) is 37.1 Å². The molecule has 2 aromatic rings. The first-order chi connectivity index (χ1) is 11.5. The molecule has 0 aliphatic heterocycles. The number of carbonyl (C=O) groups is 1. The van der Waals surface area contributed by atoms with Crippen LogP contribution in [0.25, 0.3) is 0 Å². The van der Waals surface area contributed by atoms with E-state index in [0.717, 1.165) is 5.56 Å². The van der Waals surface area contributed by atoms with Crippen LogP contribution < -0.4 is 10.1 Å². The summed E-state index contributed by atoms with van der Waals surface area (Å²) in [6.45, 7) is 5.15. The number of benzene rings is 1. The van der Waals surface area contributed by atoms with Crippen LogP contribution in [-0.2, 0) is 11.3 Å². The zero-order valence-corrected chi connectivity index (χ0v) is 14.0. The molecule has 128 valence electrons. The Morgan fingerprint density at radius 3 is 2.58 bits per heavy atom. The zero-order valence-electron chi connectivity index (χ0n) is 14.0. The van der Waals surface area contributed by atoms with Crippen molar-refractivity contribution in [2.24, 2.45) is 11.8 Å². The molecule has 0 saturated carbocycles. The van der Waals surface area contributed by atoms with Crippen molar-refractivity contribution in [1.29, 1.82) is 0 Å². The van der Waals surface area contributed by atoms with Crippen molar-refractivity contribution in [2.45, 2.75) is 26.8 Å². The SMILES string of the molecule is CC(C)CC(CNCc1ccc(Oc2cnccn2)cc1)C(=O)O. The normalized spacial score (nSPS) is 12.1. The second kappa shape index (κ2) is 8.98. The highest BCUT2D eigenvalue weighted by molar-refractivity contribution is 5.70. The molecule has 1 aromatic carbocycles. The van der Waals surface area contributed by atoms with Crippen molar-refractivity contribution in [3.05, 3.63) is 48.4 Å². The topological polar surface area (TPSA) is 84.3 Å². The molecule has 1 unspecified atom stereocenters. The zero-order chi connectivity index (χ0) is 17.4. The Morgan fingerprint density at radius 1 is 1.25 bits per heavy atom. The number of aromatic nitrogens is 2. The molecular weight excluding hydrogens is 306 g/mol. The van der Waals surface area contributed by atoms with E-state index in [9.17, 15) is 9.90 Å². The maximum atomic E-state index is 11.2. The minimum Gasteiger partial charge on any atom is -0.481 e. The van der Waals surface area contributed by atoms with Gasteiger partial charge in [0.25, 0.3) is 0 Å². The molecule has 1 heterocycles. The second-order valence-electron chi connectivity index (χ2n) is 6.09. The van der Waals surface area contributed by atoms with Gasteiger partial charge in [-0.1, -0.05) is 26.0 Å². The van der Waals surface area contributed by atoms with Crippen molar-refractivity contribution in [1.82, 2.24) is 15.3 Å². The van der Waals surface area contributed by atoms with Gasteiger partial charge in [-0.3, -0.25) is 9.78 Å². The largest absolute Gasteiger partial charge is 0.481 e. The molecule has 1 atom stereocenters. The van der Waals surface area contributed by atoms with Gasteiger partial charge in [0, 0.05) is 25.5 Å². The molecule has 6 nitrogen and oxygen atoms in total. The molecule has 0 radical (unpaired) electrons. The van der Waals surface area contributed by atoms with Crippen LogP contribution >= 0.6 is 0 Å². The highest BCUT2D eigenvalue weighted by Crippen LogP contribution is 2.18. The predicted molar refractivity (Wildman–Crippen MR) is 90.8 cm³/mol. The van der Waals surface area contributed by atoms with Gasteiger partial charge >= 0.3 is 5.97 Å². The Labute approximate surface area is 141 Å². The Morgan fingerprint density at radius 2 is 2.00 bits per heavy atom. The van der Waals surface area contributed by atoms with Crippen molar-refractivity contribution < 1.29 is 14.6 Å². The van der Waals surface area contributed by atoms with Gasteiger partial charge in [0.05, 0.1) is 12.1 Å². The van der Waals surface area contributed by atoms with Gasteiger partial charge in [0.1, 0.15) is 5.75 Å². The van der Waals surface area contributed by atoms with E-state index < -0.39 is 5.97 Å². The minimum atomic E-state index is -0.746. The number of hydrogen-bond acceptors (Lipinski definition) is 5.